The van der Waals surface area contributed by atoms with E-state index in [1.807, 2.05) is 42.6 Å². The molecule has 0 bridgehead atoms. The molecular formula is C24H22N4S. The third-order valence-electron chi connectivity index (χ3n) is 4.86. The average Bonchev–Trinajstić information content (AvgIpc) is 3.02. The Labute approximate surface area is 175 Å². The maximum Gasteiger partial charge on any atom is 0.191 e. The summed E-state index contributed by atoms with van der Waals surface area (Å²) in [6.07, 6.45) is 1.84. The molecule has 0 saturated carbocycles. The Kier molecular flexibility index (Phi) is 5.40. The molecule has 4 rings (SSSR count). The molecule has 0 radical (unpaired) electrons. The second-order valence-electron chi connectivity index (χ2n) is 6.89. The van der Waals surface area contributed by atoms with Gasteiger partial charge >= 0.3 is 0 Å². The molecule has 2 N–H and O–H groups in total. The highest BCUT2D eigenvalue weighted by molar-refractivity contribution is 7.80. The standard InChI is InChI=1S/C24H22N4S/c1-17-12-14-18(15-13-17)23-21(20-10-6-7-11-22(20)28(23)2)16-25-27-24(29)26-19-8-4-3-5-9-19/h3-16H,1-2H3,(H2,26,27,29)/b25-16+. The van der Waals surface area contributed by atoms with Crippen molar-refractivity contribution in [3.8, 4) is 11.3 Å². The number of fused-ring (bicyclic) bond motifs is 1. The van der Waals surface area contributed by atoms with Crippen molar-refractivity contribution in [3.63, 3.8) is 0 Å². The Morgan fingerprint density at radius 1 is 0.931 bits per heavy atom. The van der Waals surface area contributed by atoms with Crippen LogP contribution in [0.2, 0.25) is 0 Å². The van der Waals surface area contributed by atoms with E-state index in [1.54, 1.807) is 0 Å². The SMILES string of the molecule is Cc1ccc(-c2c(/C=N/NC(=S)Nc3ccccc3)c3ccccc3n2C)cc1. The van der Waals surface area contributed by atoms with E-state index in [9.17, 15) is 0 Å². The quantitative estimate of drug-likeness (QED) is 0.272. The first-order valence-electron chi connectivity index (χ1n) is 9.43. The third kappa shape index (κ3) is 4.05. The normalized spacial score (nSPS) is 11.1. The third-order valence-corrected chi connectivity index (χ3v) is 5.06. The predicted molar refractivity (Wildman–Crippen MR) is 126 cm³/mol. The van der Waals surface area contributed by atoms with Gasteiger partial charge in [0.25, 0.3) is 0 Å². The van der Waals surface area contributed by atoms with Gasteiger partial charge in [-0.1, -0.05) is 66.2 Å². The predicted octanol–water partition coefficient (Wildman–Crippen LogP) is 5.47. The van der Waals surface area contributed by atoms with Crippen LogP contribution < -0.4 is 10.7 Å². The molecule has 0 unspecified atom stereocenters. The number of thiocarbonyl (C=S) groups is 1. The molecule has 0 saturated heterocycles. The van der Waals surface area contributed by atoms with E-state index in [0.29, 0.717) is 5.11 Å². The molecule has 4 nitrogen and oxygen atoms in total. The van der Waals surface area contributed by atoms with Crippen LogP contribution in [0.1, 0.15) is 11.1 Å². The van der Waals surface area contributed by atoms with Crippen LogP contribution in [0.15, 0.2) is 84.0 Å². The van der Waals surface area contributed by atoms with Gasteiger partial charge < -0.3 is 9.88 Å². The van der Waals surface area contributed by atoms with Crippen molar-refractivity contribution in [2.75, 3.05) is 5.32 Å². The first kappa shape index (κ1) is 18.9. The lowest BCUT2D eigenvalue weighted by atomic mass is 10.0. The van der Waals surface area contributed by atoms with Gasteiger partial charge in [-0.05, 0) is 42.9 Å². The topological polar surface area (TPSA) is 41.4 Å². The van der Waals surface area contributed by atoms with Crippen LogP contribution in [0, 0.1) is 6.92 Å². The second-order valence-corrected chi connectivity index (χ2v) is 7.30. The molecule has 29 heavy (non-hydrogen) atoms. The van der Waals surface area contributed by atoms with Crippen molar-refractivity contribution in [2.24, 2.45) is 12.1 Å². The Balaban J connectivity index is 1.65. The molecule has 4 aromatic rings. The first-order chi connectivity index (χ1) is 14.1. The van der Waals surface area contributed by atoms with Gasteiger partial charge in [0.2, 0.25) is 0 Å². The minimum atomic E-state index is 0.449. The van der Waals surface area contributed by atoms with Gasteiger partial charge in [0.15, 0.2) is 5.11 Å². The number of aryl methyl sites for hydroxylation is 2. The zero-order valence-electron chi connectivity index (χ0n) is 16.4. The summed E-state index contributed by atoms with van der Waals surface area (Å²) in [7, 11) is 2.09. The lowest BCUT2D eigenvalue weighted by Gasteiger charge is -2.08. The number of benzene rings is 3. The van der Waals surface area contributed by atoms with Crippen molar-refractivity contribution in [1.29, 1.82) is 0 Å². The molecule has 0 atom stereocenters. The van der Waals surface area contributed by atoms with Crippen LogP contribution >= 0.6 is 12.2 Å². The second kappa shape index (κ2) is 8.29. The van der Waals surface area contributed by atoms with Gasteiger partial charge in [-0.2, -0.15) is 5.10 Å². The molecule has 1 aromatic heterocycles. The number of aromatic nitrogens is 1. The fourth-order valence-electron chi connectivity index (χ4n) is 3.45. The zero-order valence-corrected chi connectivity index (χ0v) is 17.2. The summed E-state index contributed by atoms with van der Waals surface area (Å²) < 4.78 is 2.21. The number of rotatable bonds is 4. The molecular weight excluding hydrogens is 376 g/mol. The fourth-order valence-corrected chi connectivity index (χ4v) is 3.62. The molecule has 0 spiro atoms. The highest BCUT2D eigenvalue weighted by Gasteiger charge is 2.15. The number of anilines is 1. The van der Waals surface area contributed by atoms with E-state index in [0.717, 1.165) is 33.4 Å². The van der Waals surface area contributed by atoms with Crippen LogP contribution in [0.5, 0.6) is 0 Å². The summed E-state index contributed by atoms with van der Waals surface area (Å²) in [5.74, 6) is 0. The maximum absolute atomic E-state index is 5.35. The van der Waals surface area contributed by atoms with E-state index in [4.69, 9.17) is 12.2 Å². The van der Waals surface area contributed by atoms with E-state index in [-0.39, 0.29) is 0 Å². The van der Waals surface area contributed by atoms with Crippen LogP contribution in [-0.4, -0.2) is 15.9 Å². The van der Waals surface area contributed by atoms with Crippen molar-refractivity contribution >= 4 is 40.1 Å². The number of hydrogen-bond acceptors (Lipinski definition) is 2. The van der Waals surface area contributed by atoms with Crippen LogP contribution in [0.25, 0.3) is 22.2 Å². The van der Waals surface area contributed by atoms with E-state index in [1.165, 1.54) is 5.56 Å². The van der Waals surface area contributed by atoms with Gasteiger partial charge in [0, 0.05) is 29.2 Å². The van der Waals surface area contributed by atoms with Crippen molar-refractivity contribution in [3.05, 3.63) is 90.0 Å². The molecule has 0 aliphatic carbocycles. The van der Waals surface area contributed by atoms with Gasteiger partial charge in [-0.25, -0.2) is 0 Å². The van der Waals surface area contributed by atoms with Crippen molar-refractivity contribution in [2.45, 2.75) is 6.92 Å². The highest BCUT2D eigenvalue weighted by atomic mass is 32.1. The average molecular weight is 399 g/mol. The maximum atomic E-state index is 5.35. The smallest absolute Gasteiger partial charge is 0.191 e. The molecule has 5 heteroatoms. The zero-order chi connectivity index (χ0) is 20.2. The molecule has 0 aliphatic rings. The van der Waals surface area contributed by atoms with Crippen LogP contribution in [-0.2, 0) is 7.05 Å². The Morgan fingerprint density at radius 2 is 1.62 bits per heavy atom. The summed E-state index contributed by atoms with van der Waals surface area (Å²) in [6.45, 7) is 2.10. The Morgan fingerprint density at radius 3 is 2.38 bits per heavy atom. The molecule has 0 amide bonds. The number of para-hydroxylation sites is 2. The number of hydrogen-bond donors (Lipinski definition) is 2. The summed E-state index contributed by atoms with van der Waals surface area (Å²) in [5, 5.41) is 9.14. The van der Waals surface area contributed by atoms with Gasteiger partial charge in [0.05, 0.1) is 11.9 Å². The van der Waals surface area contributed by atoms with Gasteiger partial charge in [-0.3, -0.25) is 5.43 Å². The van der Waals surface area contributed by atoms with Crippen molar-refractivity contribution in [1.82, 2.24) is 9.99 Å². The molecule has 3 aromatic carbocycles. The lowest BCUT2D eigenvalue weighted by Crippen LogP contribution is -2.23. The Bertz CT molecular complexity index is 1170. The number of nitrogens with zero attached hydrogens (tertiary/aromatic N) is 2. The largest absolute Gasteiger partial charge is 0.343 e. The highest BCUT2D eigenvalue weighted by Crippen LogP contribution is 2.32. The monoisotopic (exact) mass is 398 g/mol. The molecule has 0 fully saturated rings. The minimum Gasteiger partial charge on any atom is -0.343 e. The first-order valence-corrected chi connectivity index (χ1v) is 9.84. The van der Waals surface area contributed by atoms with Gasteiger partial charge in [-0.15, -0.1) is 0 Å². The van der Waals surface area contributed by atoms with E-state index in [2.05, 4.69) is 76.8 Å². The van der Waals surface area contributed by atoms with Gasteiger partial charge in [0.1, 0.15) is 0 Å². The molecule has 0 aliphatic heterocycles. The number of nitrogens with one attached hydrogen (secondary N) is 2. The molecule has 144 valence electrons. The minimum absolute atomic E-state index is 0.449. The molecule has 1 heterocycles. The summed E-state index contributed by atoms with van der Waals surface area (Å²) in [6, 6.07) is 26.7. The number of hydrazone groups is 1. The Hall–Kier alpha value is -3.44. The van der Waals surface area contributed by atoms with E-state index >= 15 is 0 Å². The lowest BCUT2D eigenvalue weighted by molar-refractivity contribution is 0.976. The van der Waals surface area contributed by atoms with Crippen molar-refractivity contribution < 1.29 is 0 Å². The van der Waals surface area contributed by atoms with Crippen LogP contribution in [0.4, 0.5) is 5.69 Å². The van der Waals surface area contributed by atoms with E-state index < -0.39 is 0 Å². The summed E-state index contributed by atoms with van der Waals surface area (Å²) in [5.41, 5.74) is 9.58. The summed E-state index contributed by atoms with van der Waals surface area (Å²) >= 11 is 5.35. The van der Waals surface area contributed by atoms with Crippen LogP contribution in [0.3, 0.4) is 0 Å². The summed E-state index contributed by atoms with van der Waals surface area (Å²) in [4.78, 5) is 0. The fraction of sp³-hybridized carbons (Fsp3) is 0.0833.